The van der Waals surface area contributed by atoms with Crippen molar-refractivity contribution in [1.82, 2.24) is 5.32 Å². The normalized spacial score (nSPS) is 8.83. The molecule has 2 nitrogen and oxygen atoms in total. The Morgan fingerprint density at radius 2 is 1.75 bits per heavy atom. The Morgan fingerprint density at radius 1 is 1.08 bits per heavy atom. The zero-order valence-electron chi connectivity index (χ0n) is 7.82. The van der Waals surface area contributed by atoms with Crippen LogP contribution >= 0.6 is 15.9 Å². The molecule has 0 aromatic carbocycles. The number of nitrogens with one attached hydrogen (secondary N) is 1. The van der Waals surface area contributed by atoms with Gasteiger partial charge in [0.1, 0.15) is 0 Å². The second kappa shape index (κ2) is 17.3. The first kappa shape index (κ1) is 14.7. The van der Waals surface area contributed by atoms with Crippen molar-refractivity contribution < 1.29 is 0 Å². The predicted molar refractivity (Wildman–Crippen MR) is 60.8 cm³/mol. The summed E-state index contributed by atoms with van der Waals surface area (Å²) in [5, 5.41) is 4.35. The number of unbranched alkanes of at least 4 members (excludes halogenated alkanes) is 2. The van der Waals surface area contributed by atoms with Gasteiger partial charge in [0.15, 0.2) is 0 Å². The summed E-state index contributed by atoms with van der Waals surface area (Å²) >= 11 is 3.35. The lowest BCUT2D eigenvalue weighted by Gasteiger charge is -2.00. The molecule has 74 valence electrons. The summed E-state index contributed by atoms with van der Waals surface area (Å²) < 4.78 is 0. The molecular formula is C9H21BrN2. The number of nitrogens with two attached hydrogens (primary N) is 1. The van der Waals surface area contributed by atoms with Gasteiger partial charge in [0, 0.05) is 11.9 Å². The van der Waals surface area contributed by atoms with Crippen LogP contribution in [-0.2, 0) is 0 Å². The lowest BCUT2D eigenvalue weighted by Crippen LogP contribution is -2.17. The number of hydrogen-bond donors (Lipinski definition) is 2. The fourth-order valence-corrected chi connectivity index (χ4v) is 1.04. The van der Waals surface area contributed by atoms with Gasteiger partial charge in [0.2, 0.25) is 0 Å². The van der Waals surface area contributed by atoms with Crippen LogP contribution in [0.5, 0.6) is 0 Å². The van der Waals surface area contributed by atoms with Crippen LogP contribution in [0.25, 0.3) is 0 Å². The highest BCUT2D eigenvalue weighted by molar-refractivity contribution is 9.09. The van der Waals surface area contributed by atoms with Crippen LogP contribution in [0.3, 0.4) is 0 Å². The minimum atomic E-state index is 0.832. The lowest BCUT2D eigenvalue weighted by molar-refractivity contribution is 0.623. The van der Waals surface area contributed by atoms with Gasteiger partial charge >= 0.3 is 0 Å². The standard InChI is InChI=1S/C7H17BrN2.C2H4/c8-4-7-10-6-3-1-2-5-9;1-2/h10H,1-7,9H2;1-2H2. The molecule has 12 heavy (non-hydrogen) atoms. The van der Waals surface area contributed by atoms with E-state index in [-0.39, 0.29) is 0 Å². The maximum absolute atomic E-state index is 5.34. The molecule has 3 heteroatoms. The molecular weight excluding hydrogens is 216 g/mol. The van der Waals surface area contributed by atoms with E-state index in [0.29, 0.717) is 0 Å². The molecule has 0 radical (unpaired) electrons. The van der Waals surface area contributed by atoms with E-state index < -0.39 is 0 Å². The Kier molecular flexibility index (Phi) is 21.1. The summed E-state index contributed by atoms with van der Waals surface area (Å²) in [6.45, 7) is 9.03. The molecule has 0 saturated heterocycles. The van der Waals surface area contributed by atoms with E-state index in [0.717, 1.165) is 31.4 Å². The van der Waals surface area contributed by atoms with Gasteiger partial charge in [0.25, 0.3) is 0 Å². The van der Waals surface area contributed by atoms with Crippen LogP contribution in [0, 0.1) is 0 Å². The average Bonchev–Trinajstić information content (AvgIpc) is 2.15. The van der Waals surface area contributed by atoms with E-state index in [2.05, 4.69) is 34.4 Å². The molecule has 0 aliphatic heterocycles. The fourth-order valence-electron chi connectivity index (χ4n) is 0.763. The topological polar surface area (TPSA) is 38.0 Å². The summed E-state index contributed by atoms with van der Waals surface area (Å²) in [5.74, 6) is 0. The molecule has 0 aliphatic rings. The maximum Gasteiger partial charge on any atom is 0.0157 e. The first-order chi connectivity index (χ1) is 5.91. The summed E-state index contributed by atoms with van der Waals surface area (Å²) in [4.78, 5) is 0. The van der Waals surface area contributed by atoms with Crippen LogP contribution in [0.1, 0.15) is 19.3 Å². The highest BCUT2D eigenvalue weighted by Crippen LogP contribution is 1.90. The highest BCUT2D eigenvalue weighted by Gasteiger charge is 1.86. The van der Waals surface area contributed by atoms with Crippen molar-refractivity contribution in [1.29, 1.82) is 0 Å². The smallest absolute Gasteiger partial charge is 0.0157 e. The van der Waals surface area contributed by atoms with E-state index in [1.165, 1.54) is 12.8 Å². The molecule has 3 N–H and O–H groups in total. The van der Waals surface area contributed by atoms with E-state index >= 15 is 0 Å². The van der Waals surface area contributed by atoms with Gasteiger partial charge in [-0.15, -0.1) is 13.2 Å². The van der Waals surface area contributed by atoms with Gasteiger partial charge in [-0.2, -0.15) is 0 Å². The van der Waals surface area contributed by atoms with E-state index in [1.807, 2.05) is 0 Å². The van der Waals surface area contributed by atoms with Crippen molar-refractivity contribution >= 4 is 15.9 Å². The minimum absolute atomic E-state index is 0.832. The summed E-state index contributed by atoms with van der Waals surface area (Å²) in [6.07, 6.45) is 3.67. The number of alkyl halides is 1. The van der Waals surface area contributed by atoms with Gasteiger partial charge in [-0.3, -0.25) is 0 Å². The fraction of sp³-hybridized carbons (Fsp3) is 0.778. The van der Waals surface area contributed by atoms with Crippen LogP contribution in [-0.4, -0.2) is 25.0 Å². The van der Waals surface area contributed by atoms with Crippen molar-refractivity contribution in [2.45, 2.75) is 19.3 Å². The van der Waals surface area contributed by atoms with Crippen molar-refractivity contribution in [3.63, 3.8) is 0 Å². The van der Waals surface area contributed by atoms with Crippen molar-refractivity contribution in [3.05, 3.63) is 13.2 Å². The van der Waals surface area contributed by atoms with Crippen LogP contribution in [0.15, 0.2) is 13.2 Å². The molecule has 0 aliphatic carbocycles. The summed E-state index contributed by atoms with van der Waals surface area (Å²) in [6, 6.07) is 0. The van der Waals surface area contributed by atoms with Crippen LogP contribution < -0.4 is 11.1 Å². The van der Waals surface area contributed by atoms with Crippen molar-refractivity contribution in [3.8, 4) is 0 Å². The molecule has 0 heterocycles. The van der Waals surface area contributed by atoms with Gasteiger partial charge in [-0.25, -0.2) is 0 Å². The van der Waals surface area contributed by atoms with Gasteiger partial charge in [-0.1, -0.05) is 22.4 Å². The molecule has 0 unspecified atom stereocenters. The number of hydrogen-bond acceptors (Lipinski definition) is 2. The average molecular weight is 237 g/mol. The molecule has 0 amide bonds. The van der Waals surface area contributed by atoms with Crippen molar-refractivity contribution in [2.75, 3.05) is 25.0 Å². The molecule has 0 rings (SSSR count). The zero-order valence-corrected chi connectivity index (χ0v) is 9.41. The molecule has 0 spiro atoms. The second-order valence-corrected chi connectivity index (χ2v) is 3.08. The van der Waals surface area contributed by atoms with E-state index in [1.54, 1.807) is 0 Å². The highest BCUT2D eigenvalue weighted by atomic mass is 79.9. The van der Waals surface area contributed by atoms with E-state index in [4.69, 9.17) is 5.73 Å². The van der Waals surface area contributed by atoms with Gasteiger partial charge in [-0.05, 0) is 25.9 Å². The largest absolute Gasteiger partial charge is 0.330 e. The Labute approximate surface area is 84.7 Å². The molecule has 0 bridgehead atoms. The zero-order chi connectivity index (χ0) is 9.66. The van der Waals surface area contributed by atoms with Crippen molar-refractivity contribution in [2.24, 2.45) is 5.73 Å². The third kappa shape index (κ3) is 16.6. The molecule has 0 fully saturated rings. The summed E-state index contributed by atoms with van der Waals surface area (Å²) in [7, 11) is 0. The Bertz CT molecular complexity index is 61.5. The SMILES string of the molecule is C=C.NCCCCCNCCBr. The molecule has 0 atom stereocenters. The van der Waals surface area contributed by atoms with Gasteiger partial charge in [0.05, 0.1) is 0 Å². The Balaban J connectivity index is 0. The first-order valence-electron chi connectivity index (χ1n) is 4.38. The monoisotopic (exact) mass is 236 g/mol. The first-order valence-corrected chi connectivity index (χ1v) is 5.50. The number of rotatable bonds is 7. The molecule has 0 saturated carbocycles. The maximum atomic E-state index is 5.34. The third-order valence-corrected chi connectivity index (χ3v) is 1.73. The molecule has 0 aromatic heterocycles. The Hall–Kier alpha value is 0.140. The predicted octanol–water partition coefficient (Wildman–Crippen LogP) is 1.90. The van der Waals surface area contributed by atoms with E-state index in [9.17, 15) is 0 Å². The summed E-state index contributed by atoms with van der Waals surface area (Å²) in [5.41, 5.74) is 5.34. The molecule has 0 aromatic rings. The second-order valence-electron chi connectivity index (χ2n) is 2.29. The minimum Gasteiger partial charge on any atom is -0.330 e. The quantitative estimate of drug-likeness (QED) is 0.403. The lowest BCUT2D eigenvalue weighted by atomic mass is 10.2. The van der Waals surface area contributed by atoms with Crippen LogP contribution in [0.2, 0.25) is 0 Å². The van der Waals surface area contributed by atoms with Gasteiger partial charge < -0.3 is 11.1 Å². The Morgan fingerprint density at radius 3 is 2.25 bits per heavy atom. The third-order valence-electron chi connectivity index (χ3n) is 1.33. The van der Waals surface area contributed by atoms with Crippen LogP contribution in [0.4, 0.5) is 0 Å². The number of halogens is 1.